The van der Waals surface area contributed by atoms with E-state index in [1.54, 1.807) is 0 Å². The van der Waals surface area contributed by atoms with E-state index >= 15 is 0 Å². The number of aromatic amines is 1. The predicted octanol–water partition coefficient (Wildman–Crippen LogP) is 1.97. The molecular weight excluding hydrogens is 212 g/mol. The smallest absolute Gasteiger partial charge is 0.181 e. The van der Waals surface area contributed by atoms with Crippen molar-refractivity contribution in [1.29, 1.82) is 0 Å². The first kappa shape index (κ1) is 9.84. The zero-order valence-electron chi connectivity index (χ0n) is 9.22. The van der Waals surface area contributed by atoms with Gasteiger partial charge in [0.1, 0.15) is 0 Å². The van der Waals surface area contributed by atoms with Gasteiger partial charge in [-0.05, 0) is 6.08 Å². The highest BCUT2D eigenvalue weighted by atomic mass is 15.2. The van der Waals surface area contributed by atoms with Gasteiger partial charge in [-0.25, -0.2) is 4.98 Å². The van der Waals surface area contributed by atoms with E-state index in [-0.39, 0.29) is 0 Å². The van der Waals surface area contributed by atoms with Gasteiger partial charge in [-0.2, -0.15) is 5.10 Å². The highest BCUT2D eigenvalue weighted by molar-refractivity contribution is 5.63. The molecule has 0 spiro atoms. The number of dihydropyridines is 1. The highest BCUT2D eigenvalue weighted by Gasteiger charge is 2.09. The van der Waals surface area contributed by atoms with E-state index in [9.17, 15) is 0 Å². The SMILES string of the molecule is C1=CCNC(c2nc(-c3ccccc3)n[nH]2)=C1. The third-order valence-corrected chi connectivity index (χ3v) is 2.58. The summed E-state index contributed by atoms with van der Waals surface area (Å²) in [4.78, 5) is 4.47. The Morgan fingerprint density at radius 3 is 2.76 bits per heavy atom. The van der Waals surface area contributed by atoms with Crippen molar-refractivity contribution < 1.29 is 0 Å². The normalized spacial score (nSPS) is 14.2. The monoisotopic (exact) mass is 224 g/mol. The van der Waals surface area contributed by atoms with Crippen LogP contribution in [0, 0.1) is 0 Å². The fourth-order valence-electron chi connectivity index (χ4n) is 1.72. The Kier molecular flexibility index (Phi) is 2.46. The molecule has 84 valence electrons. The molecule has 1 aromatic heterocycles. The second kappa shape index (κ2) is 4.25. The van der Waals surface area contributed by atoms with Gasteiger partial charge in [0, 0.05) is 12.1 Å². The van der Waals surface area contributed by atoms with E-state index in [2.05, 4.69) is 26.6 Å². The Hall–Kier alpha value is -2.36. The summed E-state index contributed by atoms with van der Waals surface area (Å²) in [6.45, 7) is 0.827. The molecule has 2 heterocycles. The molecule has 4 nitrogen and oxygen atoms in total. The molecule has 1 aliphatic rings. The molecule has 3 rings (SSSR count). The number of allylic oxidation sites excluding steroid dienone is 2. The van der Waals surface area contributed by atoms with E-state index in [1.165, 1.54) is 0 Å². The van der Waals surface area contributed by atoms with Crippen molar-refractivity contribution in [3.63, 3.8) is 0 Å². The molecule has 4 heteroatoms. The lowest BCUT2D eigenvalue weighted by molar-refractivity contribution is 0.957. The van der Waals surface area contributed by atoms with Gasteiger partial charge in [-0.15, -0.1) is 0 Å². The lowest BCUT2D eigenvalue weighted by Crippen LogP contribution is -2.15. The van der Waals surface area contributed by atoms with Crippen molar-refractivity contribution >= 4 is 5.70 Å². The van der Waals surface area contributed by atoms with Crippen molar-refractivity contribution in [3.8, 4) is 11.4 Å². The van der Waals surface area contributed by atoms with Crippen molar-refractivity contribution in [2.75, 3.05) is 6.54 Å². The van der Waals surface area contributed by atoms with Crippen LogP contribution in [-0.2, 0) is 0 Å². The van der Waals surface area contributed by atoms with E-state index in [4.69, 9.17) is 0 Å². The number of aromatic nitrogens is 3. The fourth-order valence-corrected chi connectivity index (χ4v) is 1.72. The van der Waals surface area contributed by atoms with Gasteiger partial charge in [0.15, 0.2) is 11.6 Å². The molecule has 0 bridgehead atoms. The third kappa shape index (κ3) is 1.97. The average Bonchev–Trinajstić information content (AvgIpc) is 2.90. The zero-order chi connectivity index (χ0) is 11.5. The minimum absolute atomic E-state index is 0.720. The van der Waals surface area contributed by atoms with Gasteiger partial charge < -0.3 is 5.32 Å². The van der Waals surface area contributed by atoms with Gasteiger partial charge in [-0.3, -0.25) is 5.10 Å². The van der Waals surface area contributed by atoms with Gasteiger partial charge in [0.2, 0.25) is 0 Å². The Morgan fingerprint density at radius 2 is 2.00 bits per heavy atom. The van der Waals surface area contributed by atoms with Gasteiger partial charge >= 0.3 is 0 Å². The number of hydrogen-bond acceptors (Lipinski definition) is 3. The average molecular weight is 224 g/mol. The molecule has 0 saturated carbocycles. The topological polar surface area (TPSA) is 53.6 Å². The summed E-state index contributed by atoms with van der Waals surface area (Å²) in [6, 6.07) is 9.93. The first-order chi connectivity index (χ1) is 8.43. The Balaban J connectivity index is 1.93. The second-order valence-electron chi connectivity index (χ2n) is 3.76. The summed E-state index contributed by atoms with van der Waals surface area (Å²) in [5.41, 5.74) is 1.99. The summed E-state index contributed by atoms with van der Waals surface area (Å²) in [6.07, 6.45) is 6.05. The van der Waals surface area contributed by atoms with Crippen molar-refractivity contribution in [1.82, 2.24) is 20.5 Å². The summed E-state index contributed by atoms with van der Waals surface area (Å²) >= 11 is 0. The summed E-state index contributed by atoms with van der Waals surface area (Å²) in [5, 5.41) is 10.4. The van der Waals surface area contributed by atoms with Crippen molar-refractivity contribution in [2.45, 2.75) is 0 Å². The minimum atomic E-state index is 0.720. The maximum atomic E-state index is 4.47. The maximum absolute atomic E-state index is 4.47. The third-order valence-electron chi connectivity index (χ3n) is 2.58. The lowest BCUT2D eigenvalue weighted by atomic mass is 10.2. The predicted molar refractivity (Wildman–Crippen MR) is 66.9 cm³/mol. The van der Waals surface area contributed by atoms with Crippen molar-refractivity contribution in [2.24, 2.45) is 0 Å². The molecule has 0 saturated heterocycles. The van der Waals surface area contributed by atoms with Crippen LogP contribution in [0.3, 0.4) is 0 Å². The van der Waals surface area contributed by atoms with E-state index in [1.807, 2.05) is 42.5 Å². The van der Waals surface area contributed by atoms with E-state index < -0.39 is 0 Å². The molecule has 0 radical (unpaired) electrons. The highest BCUT2D eigenvalue weighted by Crippen LogP contribution is 2.16. The molecule has 0 aliphatic carbocycles. The number of hydrogen-bond donors (Lipinski definition) is 2. The molecular formula is C13H12N4. The Morgan fingerprint density at radius 1 is 1.12 bits per heavy atom. The second-order valence-corrected chi connectivity index (χ2v) is 3.76. The maximum Gasteiger partial charge on any atom is 0.181 e. The van der Waals surface area contributed by atoms with E-state index in [0.29, 0.717) is 0 Å². The van der Waals surface area contributed by atoms with Crippen LogP contribution in [0.2, 0.25) is 0 Å². The number of rotatable bonds is 2. The first-order valence-corrected chi connectivity index (χ1v) is 5.52. The molecule has 1 aliphatic heterocycles. The molecule has 0 fully saturated rings. The number of benzene rings is 1. The summed E-state index contributed by atoms with van der Waals surface area (Å²) in [5.74, 6) is 1.49. The standard InChI is InChI=1S/C13H12N4/c1-2-6-10(7-3-1)12-15-13(17-16-12)11-8-4-5-9-14-11/h1-8,14H,9H2,(H,15,16,17). The van der Waals surface area contributed by atoms with Crippen LogP contribution < -0.4 is 5.32 Å². The van der Waals surface area contributed by atoms with Crippen LogP contribution >= 0.6 is 0 Å². The van der Waals surface area contributed by atoms with Crippen molar-refractivity contribution in [3.05, 3.63) is 54.4 Å². The van der Waals surface area contributed by atoms with Gasteiger partial charge in [0.05, 0.1) is 5.70 Å². The molecule has 0 atom stereocenters. The largest absolute Gasteiger partial charge is 0.379 e. The van der Waals surface area contributed by atoms with Crippen LogP contribution in [0.25, 0.3) is 17.1 Å². The molecule has 1 aromatic carbocycles. The quantitative estimate of drug-likeness (QED) is 0.820. The summed E-state index contributed by atoms with van der Waals surface area (Å²) in [7, 11) is 0. The minimum Gasteiger partial charge on any atom is -0.379 e. The lowest BCUT2D eigenvalue weighted by Gasteiger charge is -2.07. The number of H-pyrrole nitrogens is 1. The van der Waals surface area contributed by atoms with E-state index in [0.717, 1.165) is 29.5 Å². The van der Waals surface area contributed by atoms with Crippen LogP contribution in [0.1, 0.15) is 5.82 Å². The Labute approximate surface area is 99.1 Å². The summed E-state index contributed by atoms with van der Waals surface area (Å²) < 4.78 is 0. The van der Waals surface area contributed by atoms with Gasteiger partial charge in [0.25, 0.3) is 0 Å². The zero-order valence-corrected chi connectivity index (χ0v) is 9.22. The number of nitrogens with zero attached hydrogens (tertiary/aromatic N) is 2. The number of nitrogens with one attached hydrogen (secondary N) is 2. The van der Waals surface area contributed by atoms with Crippen LogP contribution in [0.15, 0.2) is 48.6 Å². The first-order valence-electron chi connectivity index (χ1n) is 5.52. The molecule has 2 aromatic rings. The van der Waals surface area contributed by atoms with Crippen LogP contribution in [0.4, 0.5) is 0 Å². The molecule has 2 N–H and O–H groups in total. The molecule has 0 amide bonds. The van der Waals surface area contributed by atoms with Crippen LogP contribution in [0.5, 0.6) is 0 Å². The van der Waals surface area contributed by atoms with Crippen LogP contribution in [-0.4, -0.2) is 21.7 Å². The van der Waals surface area contributed by atoms with Gasteiger partial charge in [-0.1, -0.05) is 42.5 Å². The molecule has 0 unspecified atom stereocenters. The molecule has 17 heavy (non-hydrogen) atoms. The fraction of sp³-hybridized carbons (Fsp3) is 0.0769. The Bertz CT molecular complexity index is 566.